The fraction of sp³-hybridized carbons (Fsp3) is 0.909. The second kappa shape index (κ2) is 5.66. The maximum absolute atomic E-state index is 5.61. The van der Waals surface area contributed by atoms with Crippen LogP contribution in [0.2, 0.25) is 0 Å². The first-order valence-corrected chi connectivity index (χ1v) is 6.06. The van der Waals surface area contributed by atoms with Crippen molar-refractivity contribution in [2.24, 2.45) is 17.6 Å². The minimum atomic E-state index is 0.366. The standard InChI is InChI=1S/C11H22N2S/c1-3-4-10-5-6-13(8-10)7-9(2)11(12)14/h9-10H,3-8H2,1-2H3,(H2,12,14). The average molecular weight is 214 g/mol. The number of nitrogens with two attached hydrogens (primary N) is 1. The quantitative estimate of drug-likeness (QED) is 0.710. The molecule has 2 N–H and O–H groups in total. The number of nitrogens with zero attached hydrogens (tertiary/aromatic N) is 1. The van der Waals surface area contributed by atoms with E-state index in [-0.39, 0.29) is 0 Å². The lowest BCUT2D eigenvalue weighted by atomic mass is 10.0. The van der Waals surface area contributed by atoms with E-state index in [1.165, 1.54) is 32.4 Å². The highest BCUT2D eigenvalue weighted by Crippen LogP contribution is 2.21. The van der Waals surface area contributed by atoms with Crippen LogP contribution in [0, 0.1) is 11.8 Å². The Balaban J connectivity index is 2.25. The molecule has 0 aromatic heterocycles. The number of likely N-dealkylation sites (tertiary alicyclic amines) is 1. The fourth-order valence-electron chi connectivity index (χ4n) is 2.20. The zero-order valence-corrected chi connectivity index (χ0v) is 10.1. The Bertz CT molecular complexity index is 194. The molecule has 14 heavy (non-hydrogen) atoms. The molecular formula is C11H22N2S. The molecule has 2 unspecified atom stereocenters. The Kier molecular flexibility index (Phi) is 4.82. The zero-order chi connectivity index (χ0) is 10.6. The zero-order valence-electron chi connectivity index (χ0n) is 9.33. The molecule has 0 aliphatic carbocycles. The second-order valence-corrected chi connectivity index (χ2v) is 4.98. The second-order valence-electron chi connectivity index (χ2n) is 4.51. The van der Waals surface area contributed by atoms with E-state index >= 15 is 0 Å². The van der Waals surface area contributed by atoms with Crippen molar-refractivity contribution in [2.75, 3.05) is 19.6 Å². The molecule has 2 nitrogen and oxygen atoms in total. The number of hydrogen-bond donors (Lipinski definition) is 1. The molecule has 1 fully saturated rings. The summed E-state index contributed by atoms with van der Waals surface area (Å²) in [6.07, 6.45) is 4.04. The van der Waals surface area contributed by atoms with Crippen molar-refractivity contribution in [3.8, 4) is 0 Å². The molecule has 2 atom stereocenters. The first-order valence-electron chi connectivity index (χ1n) is 5.65. The summed E-state index contributed by atoms with van der Waals surface area (Å²) in [6.45, 7) is 7.92. The lowest BCUT2D eigenvalue weighted by molar-refractivity contribution is 0.302. The Labute approximate surface area is 92.8 Å². The van der Waals surface area contributed by atoms with E-state index in [4.69, 9.17) is 18.0 Å². The van der Waals surface area contributed by atoms with Crippen LogP contribution in [0.15, 0.2) is 0 Å². The molecule has 0 amide bonds. The highest BCUT2D eigenvalue weighted by molar-refractivity contribution is 7.80. The van der Waals surface area contributed by atoms with Gasteiger partial charge in [0.05, 0.1) is 4.99 Å². The van der Waals surface area contributed by atoms with Crippen molar-refractivity contribution in [1.82, 2.24) is 4.90 Å². The molecule has 1 aliphatic heterocycles. The predicted molar refractivity (Wildman–Crippen MR) is 65.4 cm³/mol. The van der Waals surface area contributed by atoms with Gasteiger partial charge >= 0.3 is 0 Å². The average Bonchev–Trinajstić information content (AvgIpc) is 2.53. The number of thiocarbonyl (C=S) groups is 1. The van der Waals surface area contributed by atoms with Gasteiger partial charge in [-0.05, 0) is 25.3 Å². The van der Waals surface area contributed by atoms with Gasteiger partial charge in [-0.25, -0.2) is 0 Å². The molecule has 0 bridgehead atoms. The summed E-state index contributed by atoms with van der Waals surface area (Å²) in [7, 11) is 0. The minimum Gasteiger partial charge on any atom is -0.393 e. The summed E-state index contributed by atoms with van der Waals surface area (Å²) >= 11 is 4.98. The molecule has 0 aromatic carbocycles. The third-order valence-electron chi connectivity index (χ3n) is 3.08. The molecule has 82 valence electrons. The largest absolute Gasteiger partial charge is 0.393 e. The third kappa shape index (κ3) is 3.54. The van der Waals surface area contributed by atoms with E-state index in [1.807, 2.05) is 0 Å². The van der Waals surface area contributed by atoms with Crippen LogP contribution in [-0.4, -0.2) is 29.5 Å². The van der Waals surface area contributed by atoms with Crippen molar-refractivity contribution in [3.05, 3.63) is 0 Å². The van der Waals surface area contributed by atoms with Crippen molar-refractivity contribution in [3.63, 3.8) is 0 Å². The summed E-state index contributed by atoms with van der Waals surface area (Å²) in [5, 5.41) is 0. The third-order valence-corrected chi connectivity index (χ3v) is 3.49. The molecule has 0 saturated carbocycles. The van der Waals surface area contributed by atoms with Gasteiger partial charge in [0.25, 0.3) is 0 Å². The van der Waals surface area contributed by atoms with Crippen molar-refractivity contribution in [1.29, 1.82) is 0 Å². The summed E-state index contributed by atoms with van der Waals surface area (Å²) in [4.78, 5) is 3.16. The van der Waals surface area contributed by atoms with Crippen molar-refractivity contribution < 1.29 is 0 Å². The fourth-order valence-corrected chi connectivity index (χ4v) is 2.27. The molecule has 1 heterocycles. The Morgan fingerprint density at radius 1 is 1.64 bits per heavy atom. The minimum absolute atomic E-state index is 0.366. The highest BCUT2D eigenvalue weighted by atomic mass is 32.1. The van der Waals surface area contributed by atoms with Gasteiger partial charge in [-0.15, -0.1) is 0 Å². The van der Waals surface area contributed by atoms with Gasteiger partial charge in [0, 0.05) is 19.0 Å². The lowest BCUT2D eigenvalue weighted by Gasteiger charge is -2.19. The van der Waals surface area contributed by atoms with Crippen molar-refractivity contribution >= 4 is 17.2 Å². The van der Waals surface area contributed by atoms with E-state index in [0.717, 1.165) is 12.5 Å². The normalized spacial score (nSPS) is 25.1. The van der Waals surface area contributed by atoms with Gasteiger partial charge in [0.2, 0.25) is 0 Å². The number of rotatable bonds is 5. The summed E-state index contributed by atoms with van der Waals surface area (Å²) < 4.78 is 0. The van der Waals surface area contributed by atoms with E-state index in [1.54, 1.807) is 0 Å². The van der Waals surface area contributed by atoms with Gasteiger partial charge in [-0.1, -0.05) is 32.5 Å². The van der Waals surface area contributed by atoms with Crippen LogP contribution in [0.5, 0.6) is 0 Å². The molecule has 3 heteroatoms. The van der Waals surface area contributed by atoms with Crippen LogP contribution >= 0.6 is 12.2 Å². The van der Waals surface area contributed by atoms with Crippen LogP contribution in [0.25, 0.3) is 0 Å². The maximum atomic E-state index is 5.61. The molecule has 0 aromatic rings. The lowest BCUT2D eigenvalue weighted by Crippen LogP contribution is -2.32. The molecule has 0 radical (unpaired) electrons. The van der Waals surface area contributed by atoms with Gasteiger partial charge in [0.1, 0.15) is 0 Å². The number of hydrogen-bond acceptors (Lipinski definition) is 2. The van der Waals surface area contributed by atoms with Crippen molar-refractivity contribution in [2.45, 2.75) is 33.1 Å². The SMILES string of the molecule is CCCC1CCN(CC(C)C(N)=S)C1. The molecule has 1 saturated heterocycles. The summed E-state index contributed by atoms with van der Waals surface area (Å²) in [5.41, 5.74) is 5.61. The van der Waals surface area contributed by atoms with E-state index < -0.39 is 0 Å². The van der Waals surface area contributed by atoms with Gasteiger partial charge in [0.15, 0.2) is 0 Å². The van der Waals surface area contributed by atoms with Crippen LogP contribution in [-0.2, 0) is 0 Å². The van der Waals surface area contributed by atoms with Crippen LogP contribution in [0.1, 0.15) is 33.1 Å². The first kappa shape index (κ1) is 11.9. The predicted octanol–water partition coefficient (Wildman–Crippen LogP) is 2.03. The first-order chi connectivity index (χ1) is 6.63. The smallest absolute Gasteiger partial charge is 0.0768 e. The maximum Gasteiger partial charge on any atom is 0.0768 e. The van der Waals surface area contributed by atoms with Crippen LogP contribution < -0.4 is 5.73 Å². The van der Waals surface area contributed by atoms with Crippen LogP contribution in [0.3, 0.4) is 0 Å². The Morgan fingerprint density at radius 2 is 2.36 bits per heavy atom. The van der Waals surface area contributed by atoms with Gasteiger partial charge < -0.3 is 10.6 Å². The van der Waals surface area contributed by atoms with E-state index in [0.29, 0.717) is 10.9 Å². The molecule has 0 spiro atoms. The van der Waals surface area contributed by atoms with E-state index in [2.05, 4.69) is 18.7 Å². The summed E-state index contributed by atoms with van der Waals surface area (Å²) in [6, 6.07) is 0. The molecular weight excluding hydrogens is 192 g/mol. The Hall–Kier alpha value is -0.150. The Morgan fingerprint density at radius 3 is 2.93 bits per heavy atom. The highest BCUT2D eigenvalue weighted by Gasteiger charge is 2.23. The molecule has 1 aliphatic rings. The van der Waals surface area contributed by atoms with Crippen LogP contribution in [0.4, 0.5) is 0 Å². The monoisotopic (exact) mass is 214 g/mol. The van der Waals surface area contributed by atoms with E-state index in [9.17, 15) is 0 Å². The molecule has 1 rings (SSSR count). The topological polar surface area (TPSA) is 29.3 Å². The van der Waals surface area contributed by atoms with Gasteiger partial charge in [-0.2, -0.15) is 0 Å². The summed E-state index contributed by atoms with van der Waals surface area (Å²) in [5.74, 6) is 1.28. The van der Waals surface area contributed by atoms with Gasteiger partial charge in [-0.3, -0.25) is 0 Å².